The van der Waals surface area contributed by atoms with Crippen molar-refractivity contribution in [1.82, 2.24) is 0 Å². The lowest BCUT2D eigenvalue weighted by Crippen LogP contribution is -2.13. The molecule has 0 bridgehead atoms. The van der Waals surface area contributed by atoms with Gasteiger partial charge in [0.25, 0.3) is 0 Å². The van der Waals surface area contributed by atoms with Gasteiger partial charge >= 0.3 is 0 Å². The van der Waals surface area contributed by atoms with Crippen LogP contribution in [0, 0.1) is 0 Å². The number of carbonyl (C=O) groups is 2. The second-order valence-electron chi connectivity index (χ2n) is 8.62. The van der Waals surface area contributed by atoms with Gasteiger partial charge in [0, 0.05) is 22.9 Å². The molecule has 188 valence electrons. The Hall–Kier alpha value is -3.48. The number of hydrogen-bond donors (Lipinski definition) is 2. The van der Waals surface area contributed by atoms with E-state index in [-0.39, 0.29) is 11.8 Å². The third-order valence-electron chi connectivity index (χ3n) is 5.57. The van der Waals surface area contributed by atoms with Crippen LogP contribution in [0.4, 0.5) is 11.4 Å². The Morgan fingerprint density at radius 1 is 0.486 bits per heavy atom. The number of rotatable bonds is 12. The summed E-state index contributed by atoms with van der Waals surface area (Å²) in [6.45, 7) is 0. The fourth-order valence-electron chi connectivity index (χ4n) is 3.70. The summed E-state index contributed by atoms with van der Waals surface area (Å²) in [5.74, 6) is 2.50. The van der Waals surface area contributed by atoms with Crippen molar-refractivity contribution in [3.05, 3.63) is 131 Å². The van der Waals surface area contributed by atoms with Crippen molar-refractivity contribution < 1.29 is 9.59 Å². The molecule has 0 fully saturated rings. The first-order valence-corrected chi connectivity index (χ1v) is 14.5. The molecule has 0 aromatic heterocycles. The summed E-state index contributed by atoms with van der Waals surface area (Å²) in [5, 5.41) is 5.83. The van der Waals surface area contributed by atoms with Gasteiger partial charge in [-0.25, -0.2) is 0 Å². The fraction of sp³-hybridized carbons (Fsp3) is 0.161. The summed E-state index contributed by atoms with van der Waals surface area (Å²) < 4.78 is 0. The van der Waals surface area contributed by atoms with E-state index in [0.717, 1.165) is 29.3 Å². The Kier molecular flexibility index (Phi) is 10.3. The van der Waals surface area contributed by atoms with Crippen LogP contribution in [0.2, 0.25) is 0 Å². The zero-order chi connectivity index (χ0) is 25.7. The molecule has 6 heteroatoms. The largest absolute Gasteiger partial charge is 0.325 e. The van der Waals surface area contributed by atoms with E-state index < -0.39 is 0 Å². The Balaban J connectivity index is 1.15. The normalized spacial score (nSPS) is 10.6. The van der Waals surface area contributed by atoms with Gasteiger partial charge in [0.1, 0.15) is 0 Å². The number of amides is 2. The van der Waals surface area contributed by atoms with E-state index in [0.29, 0.717) is 11.5 Å². The van der Waals surface area contributed by atoms with Gasteiger partial charge in [-0.3, -0.25) is 9.59 Å². The zero-order valence-corrected chi connectivity index (χ0v) is 22.2. The molecule has 0 atom stereocenters. The van der Waals surface area contributed by atoms with Crippen molar-refractivity contribution in [2.45, 2.75) is 17.9 Å². The van der Waals surface area contributed by atoms with Gasteiger partial charge in [0.2, 0.25) is 11.8 Å². The highest BCUT2D eigenvalue weighted by molar-refractivity contribution is 7.99. The smallest absolute Gasteiger partial charge is 0.234 e. The molecule has 0 aliphatic rings. The Labute approximate surface area is 227 Å². The minimum atomic E-state index is 0.0186. The number of carbonyl (C=O) groups excluding carboxylic acids is 2. The van der Waals surface area contributed by atoms with Gasteiger partial charge in [0.15, 0.2) is 0 Å². The summed E-state index contributed by atoms with van der Waals surface area (Å²) in [7, 11) is 0. The fourth-order valence-corrected chi connectivity index (χ4v) is 5.28. The van der Waals surface area contributed by atoms with Crippen LogP contribution >= 0.6 is 23.5 Å². The van der Waals surface area contributed by atoms with Gasteiger partial charge in [-0.15, -0.1) is 23.5 Å². The van der Waals surface area contributed by atoms with E-state index in [9.17, 15) is 9.59 Å². The van der Waals surface area contributed by atoms with Gasteiger partial charge in [-0.1, -0.05) is 84.9 Å². The Morgan fingerprint density at radius 3 is 1.22 bits per heavy atom. The predicted molar refractivity (Wildman–Crippen MR) is 158 cm³/mol. The molecule has 4 nitrogen and oxygen atoms in total. The maximum atomic E-state index is 12.1. The Morgan fingerprint density at radius 2 is 0.838 bits per heavy atom. The van der Waals surface area contributed by atoms with Gasteiger partial charge in [0.05, 0.1) is 11.5 Å². The van der Waals surface area contributed by atoms with Crippen molar-refractivity contribution in [2.24, 2.45) is 0 Å². The SMILES string of the molecule is O=C(CSCc1ccc(Cc2ccc(CSCC(=O)Nc3ccccc3)cc2)cc1)Nc1ccccc1. The first-order chi connectivity index (χ1) is 18.1. The lowest BCUT2D eigenvalue weighted by molar-refractivity contribution is -0.114. The summed E-state index contributed by atoms with van der Waals surface area (Å²) in [4.78, 5) is 24.2. The zero-order valence-electron chi connectivity index (χ0n) is 20.6. The van der Waals surface area contributed by atoms with Gasteiger partial charge < -0.3 is 10.6 Å². The number of anilines is 2. The molecule has 0 spiro atoms. The second-order valence-corrected chi connectivity index (χ2v) is 10.6. The van der Waals surface area contributed by atoms with Gasteiger partial charge in [-0.2, -0.15) is 0 Å². The highest BCUT2D eigenvalue weighted by Crippen LogP contribution is 2.18. The van der Waals surface area contributed by atoms with Crippen LogP contribution < -0.4 is 10.6 Å². The van der Waals surface area contributed by atoms with Crippen molar-refractivity contribution in [1.29, 1.82) is 0 Å². The molecule has 0 heterocycles. The van der Waals surface area contributed by atoms with Crippen LogP contribution in [-0.2, 0) is 27.5 Å². The summed E-state index contributed by atoms with van der Waals surface area (Å²) in [6, 6.07) is 36.3. The van der Waals surface area contributed by atoms with Crippen LogP contribution in [0.25, 0.3) is 0 Å². The molecule has 0 saturated heterocycles. The quantitative estimate of drug-likeness (QED) is 0.208. The monoisotopic (exact) mass is 526 g/mol. The highest BCUT2D eigenvalue weighted by atomic mass is 32.2. The minimum Gasteiger partial charge on any atom is -0.325 e. The third-order valence-corrected chi connectivity index (χ3v) is 7.58. The molecule has 4 aromatic rings. The van der Waals surface area contributed by atoms with E-state index >= 15 is 0 Å². The van der Waals surface area contributed by atoms with Crippen LogP contribution in [0.3, 0.4) is 0 Å². The molecular weight excluding hydrogens is 496 g/mol. The minimum absolute atomic E-state index is 0.0186. The molecule has 0 radical (unpaired) electrons. The molecule has 0 unspecified atom stereocenters. The van der Waals surface area contributed by atoms with Gasteiger partial charge in [-0.05, 0) is 52.9 Å². The topological polar surface area (TPSA) is 58.2 Å². The van der Waals surface area contributed by atoms with E-state index in [4.69, 9.17) is 0 Å². The van der Waals surface area contributed by atoms with E-state index in [1.165, 1.54) is 22.3 Å². The second kappa shape index (κ2) is 14.3. The third kappa shape index (κ3) is 9.48. The predicted octanol–water partition coefficient (Wildman–Crippen LogP) is 7.02. The Bertz CT molecular complexity index is 1160. The molecule has 2 amide bonds. The molecular formula is C31H30N2O2S2. The van der Waals surface area contributed by atoms with E-state index in [1.54, 1.807) is 23.5 Å². The average molecular weight is 527 g/mol. The molecule has 4 aromatic carbocycles. The summed E-state index contributed by atoms with van der Waals surface area (Å²) in [5.41, 5.74) is 6.60. The maximum Gasteiger partial charge on any atom is 0.234 e. The van der Waals surface area contributed by atoms with Crippen LogP contribution in [-0.4, -0.2) is 23.3 Å². The van der Waals surface area contributed by atoms with Crippen molar-refractivity contribution in [3.63, 3.8) is 0 Å². The van der Waals surface area contributed by atoms with Crippen LogP contribution in [0.15, 0.2) is 109 Å². The number of thioether (sulfide) groups is 2. The molecule has 0 aliphatic carbocycles. The summed E-state index contributed by atoms with van der Waals surface area (Å²) in [6.07, 6.45) is 0.875. The van der Waals surface area contributed by atoms with E-state index in [2.05, 4.69) is 59.2 Å². The number of hydrogen-bond acceptors (Lipinski definition) is 4. The van der Waals surface area contributed by atoms with Crippen LogP contribution in [0.5, 0.6) is 0 Å². The number of nitrogens with one attached hydrogen (secondary N) is 2. The molecule has 37 heavy (non-hydrogen) atoms. The van der Waals surface area contributed by atoms with Crippen molar-refractivity contribution >= 4 is 46.7 Å². The maximum absolute atomic E-state index is 12.1. The average Bonchev–Trinajstić information content (AvgIpc) is 2.92. The van der Waals surface area contributed by atoms with E-state index in [1.807, 2.05) is 60.7 Å². The molecule has 4 rings (SSSR count). The number of para-hydroxylation sites is 2. The molecule has 2 N–H and O–H groups in total. The van der Waals surface area contributed by atoms with Crippen LogP contribution in [0.1, 0.15) is 22.3 Å². The number of benzene rings is 4. The standard InChI is InChI=1S/C31H30N2O2S2/c34-30(32-28-7-3-1-4-8-28)22-36-20-26-15-11-24(12-16-26)19-25-13-17-27(18-14-25)21-37-23-31(35)33-29-9-5-2-6-10-29/h1-18H,19-23H2,(H,32,34)(H,33,35). The first kappa shape index (κ1) is 26.6. The lowest BCUT2D eigenvalue weighted by atomic mass is 10.0. The summed E-state index contributed by atoms with van der Waals surface area (Å²) >= 11 is 3.23. The molecule has 0 aliphatic heterocycles. The lowest BCUT2D eigenvalue weighted by Gasteiger charge is -2.07. The van der Waals surface area contributed by atoms with Crippen molar-refractivity contribution in [2.75, 3.05) is 22.1 Å². The molecule has 0 saturated carbocycles. The van der Waals surface area contributed by atoms with Crippen molar-refractivity contribution in [3.8, 4) is 0 Å². The first-order valence-electron chi connectivity index (χ1n) is 12.1. The highest BCUT2D eigenvalue weighted by Gasteiger charge is 2.05.